The number of thiol groups is 1. The maximum atomic E-state index is 13.0. The van der Waals surface area contributed by atoms with Crippen molar-refractivity contribution in [3.8, 4) is 0 Å². The number of carbonyl (C=O) groups is 4. The van der Waals surface area contributed by atoms with Crippen LogP contribution >= 0.6 is 12.6 Å². The molecule has 12 heteroatoms. The van der Waals surface area contributed by atoms with Gasteiger partial charge in [-0.15, -0.1) is 0 Å². The van der Waals surface area contributed by atoms with E-state index in [9.17, 15) is 29.4 Å². The van der Waals surface area contributed by atoms with Crippen LogP contribution in [0.4, 0.5) is 0 Å². The molecule has 0 radical (unpaired) electrons. The van der Waals surface area contributed by atoms with Gasteiger partial charge in [0.2, 0.25) is 17.7 Å². The third-order valence-corrected chi connectivity index (χ3v) is 6.50. The number of nitrogens with one attached hydrogen (secondary N) is 4. The number of carboxylic acid groups (broad SMARTS) is 1. The Bertz CT molecular complexity index is 1070. The summed E-state index contributed by atoms with van der Waals surface area (Å²) >= 11 is 3.99. The van der Waals surface area contributed by atoms with Crippen LogP contribution in [0.1, 0.15) is 32.8 Å². The quantitative estimate of drug-likeness (QED) is 0.169. The Balaban J connectivity index is 2.17. The molecule has 8 N–H and O–H groups in total. The van der Waals surface area contributed by atoms with Gasteiger partial charge in [0, 0.05) is 29.3 Å². The fraction of sp³-hybridized carbons (Fsp3) is 0.500. The second-order valence-corrected chi connectivity index (χ2v) is 9.22. The Morgan fingerprint density at radius 1 is 1.03 bits per heavy atom. The number of carboxylic acids is 1. The van der Waals surface area contributed by atoms with Crippen LogP contribution in [0.5, 0.6) is 0 Å². The number of aliphatic hydroxyl groups is 1. The van der Waals surface area contributed by atoms with Gasteiger partial charge in [-0.05, 0) is 24.5 Å². The second kappa shape index (κ2) is 13.3. The van der Waals surface area contributed by atoms with E-state index in [0.717, 1.165) is 10.9 Å². The minimum absolute atomic E-state index is 0.0151. The Hall–Kier alpha value is -3.09. The van der Waals surface area contributed by atoms with Crippen LogP contribution in [-0.4, -0.2) is 74.9 Å². The van der Waals surface area contributed by atoms with Gasteiger partial charge in [0.05, 0.1) is 12.1 Å². The number of rotatable bonds is 13. The number of aliphatic carboxylic acids is 1. The molecule has 6 atom stereocenters. The maximum Gasteiger partial charge on any atom is 0.326 e. The Morgan fingerprint density at radius 2 is 1.64 bits per heavy atom. The molecule has 0 aliphatic heterocycles. The number of aromatic nitrogens is 1. The Kier molecular flexibility index (Phi) is 10.8. The molecule has 3 amide bonds. The summed E-state index contributed by atoms with van der Waals surface area (Å²) in [5.41, 5.74) is 7.21. The lowest BCUT2D eigenvalue weighted by Crippen LogP contribution is -2.61. The van der Waals surface area contributed by atoms with Gasteiger partial charge in [-0.2, -0.15) is 12.6 Å². The average molecular weight is 522 g/mol. The van der Waals surface area contributed by atoms with Crippen molar-refractivity contribution in [3.05, 3.63) is 36.0 Å². The minimum Gasteiger partial charge on any atom is -0.480 e. The zero-order valence-corrected chi connectivity index (χ0v) is 21.4. The molecule has 0 fully saturated rings. The van der Waals surface area contributed by atoms with Crippen molar-refractivity contribution in [2.45, 2.75) is 63.9 Å². The molecule has 11 nitrogen and oxygen atoms in total. The minimum atomic E-state index is -1.45. The number of hydrogen-bond donors (Lipinski definition) is 8. The zero-order valence-electron chi connectivity index (χ0n) is 20.5. The van der Waals surface area contributed by atoms with Gasteiger partial charge >= 0.3 is 5.97 Å². The third kappa shape index (κ3) is 7.45. The molecule has 36 heavy (non-hydrogen) atoms. The number of carbonyl (C=O) groups excluding carboxylic acids is 3. The van der Waals surface area contributed by atoms with Crippen molar-refractivity contribution < 1.29 is 29.4 Å². The van der Waals surface area contributed by atoms with Crippen molar-refractivity contribution in [2.24, 2.45) is 11.7 Å². The number of fused-ring (bicyclic) bond motifs is 1. The van der Waals surface area contributed by atoms with Gasteiger partial charge in [-0.1, -0.05) is 38.5 Å². The molecule has 2 aromatic rings. The highest BCUT2D eigenvalue weighted by molar-refractivity contribution is 7.80. The lowest BCUT2D eigenvalue weighted by Gasteiger charge is -2.28. The summed E-state index contributed by atoms with van der Waals surface area (Å²) in [6, 6.07) is 2.63. The molecule has 1 aromatic carbocycles. The molecule has 0 aliphatic rings. The van der Waals surface area contributed by atoms with Gasteiger partial charge in [0.1, 0.15) is 18.1 Å². The van der Waals surface area contributed by atoms with E-state index in [1.54, 1.807) is 13.1 Å². The molecule has 1 aromatic heterocycles. The first-order chi connectivity index (χ1) is 17.0. The first kappa shape index (κ1) is 29.1. The van der Waals surface area contributed by atoms with Gasteiger partial charge in [-0.3, -0.25) is 14.4 Å². The van der Waals surface area contributed by atoms with E-state index in [1.807, 2.05) is 31.2 Å². The van der Waals surface area contributed by atoms with Crippen LogP contribution in [-0.2, 0) is 25.6 Å². The van der Waals surface area contributed by atoms with Crippen LogP contribution in [0.3, 0.4) is 0 Å². The number of aromatic amines is 1. The fourth-order valence-electron chi connectivity index (χ4n) is 3.68. The van der Waals surface area contributed by atoms with Crippen molar-refractivity contribution in [1.29, 1.82) is 0 Å². The van der Waals surface area contributed by atoms with E-state index in [-0.39, 0.29) is 18.1 Å². The number of H-pyrrole nitrogens is 1. The molecule has 2 rings (SSSR count). The molecule has 0 saturated carbocycles. The number of aliphatic hydroxyl groups excluding tert-OH is 1. The number of hydrogen-bond acceptors (Lipinski definition) is 7. The molecular weight excluding hydrogens is 486 g/mol. The fourth-order valence-corrected chi connectivity index (χ4v) is 3.84. The highest BCUT2D eigenvalue weighted by Crippen LogP contribution is 2.19. The van der Waals surface area contributed by atoms with Gasteiger partial charge in [0.15, 0.2) is 0 Å². The summed E-state index contributed by atoms with van der Waals surface area (Å²) in [6.07, 6.45) is 0.851. The summed E-state index contributed by atoms with van der Waals surface area (Å²) < 4.78 is 0. The van der Waals surface area contributed by atoms with E-state index < -0.39 is 54.0 Å². The van der Waals surface area contributed by atoms with E-state index in [2.05, 4.69) is 33.6 Å². The van der Waals surface area contributed by atoms with Crippen LogP contribution in [0, 0.1) is 5.92 Å². The van der Waals surface area contributed by atoms with E-state index in [0.29, 0.717) is 12.0 Å². The predicted octanol–water partition coefficient (Wildman–Crippen LogP) is -0.0666. The highest BCUT2D eigenvalue weighted by atomic mass is 32.1. The van der Waals surface area contributed by atoms with Gasteiger partial charge in [0.25, 0.3) is 0 Å². The monoisotopic (exact) mass is 521 g/mol. The Labute approximate surface area is 215 Å². The normalized spacial score (nSPS) is 16.3. The Morgan fingerprint density at radius 3 is 2.22 bits per heavy atom. The van der Waals surface area contributed by atoms with E-state index in [4.69, 9.17) is 5.73 Å². The lowest BCUT2D eigenvalue weighted by molar-refractivity contribution is -0.143. The van der Waals surface area contributed by atoms with Gasteiger partial charge < -0.3 is 36.9 Å². The largest absolute Gasteiger partial charge is 0.480 e. The summed E-state index contributed by atoms with van der Waals surface area (Å²) in [4.78, 5) is 53.3. The molecule has 0 aliphatic carbocycles. The lowest BCUT2D eigenvalue weighted by atomic mass is 9.97. The zero-order chi connectivity index (χ0) is 27.0. The topological polar surface area (TPSA) is 187 Å². The molecule has 0 saturated heterocycles. The molecule has 0 bridgehead atoms. The molecule has 0 spiro atoms. The molecule has 198 valence electrons. The maximum absolute atomic E-state index is 13.0. The molecule has 6 unspecified atom stereocenters. The smallest absolute Gasteiger partial charge is 0.326 e. The van der Waals surface area contributed by atoms with E-state index >= 15 is 0 Å². The van der Waals surface area contributed by atoms with Crippen LogP contribution in [0.25, 0.3) is 10.9 Å². The van der Waals surface area contributed by atoms with Crippen LogP contribution in [0.15, 0.2) is 30.5 Å². The molecular formula is C24H35N5O6S. The summed E-state index contributed by atoms with van der Waals surface area (Å²) in [7, 11) is 0. The van der Waals surface area contributed by atoms with Crippen LogP contribution < -0.4 is 21.7 Å². The SMILES string of the molecule is CCC(C)C(NC(=O)C(N)CS)C(=O)NC(C(=O)NC(Cc1c[nH]c2ccccc12)C(=O)O)C(C)O. The van der Waals surface area contributed by atoms with Crippen LogP contribution in [0.2, 0.25) is 0 Å². The highest BCUT2D eigenvalue weighted by Gasteiger charge is 2.34. The summed E-state index contributed by atoms with van der Waals surface area (Å²) in [5.74, 6) is -3.65. The van der Waals surface area contributed by atoms with Crippen molar-refractivity contribution in [1.82, 2.24) is 20.9 Å². The third-order valence-electron chi connectivity index (χ3n) is 6.10. The second-order valence-electron chi connectivity index (χ2n) is 8.85. The van der Waals surface area contributed by atoms with Gasteiger partial charge in [-0.25, -0.2) is 4.79 Å². The van der Waals surface area contributed by atoms with E-state index in [1.165, 1.54) is 6.92 Å². The van der Waals surface area contributed by atoms with Crippen molar-refractivity contribution in [2.75, 3.05) is 5.75 Å². The van der Waals surface area contributed by atoms with Crippen molar-refractivity contribution >= 4 is 47.2 Å². The summed E-state index contributed by atoms with van der Waals surface area (Å²) in [6.45, 7) is 4.88. The number of benzene rings is 1. The first-order valence-corrected chi connectivity index (χ1v) is 12.4. The number of para-hydroxylation sites is 1. The van der Waals surface area contributed by atoms with Crippen molar-refractivity contribution in [3.63, 3.8) is 0 Å². The molecule has 1 heterocycles. The first-order valence-electron chi connectivity index (χ1n) is 11.7. The number of nitrogens with two attached hydrogens (primary N) is 1. The number of amides is 3. The summed E-state index contributed by atoms with van der Waals surface area (Å²) in [5, 5.41) is 28.2. The average Bonchev–Trinajstić information content (AvgIpc) is 3.26. The standard InChI is InChI=1S/C24H35N5O6S/c1-4-12(2)19(28-21(31)16(25)11-36)22(32)29-20(13(3)30)23(33)27-18(24(34)35)9-14-10-26-17-8-6-5-7-15(14)17/h5-8,10,12-13,16,18-20,26,30,36H,4,9,11,25H2,1-3H3,(H,27,33)(H,28,31)(H,29,32)(H,34,35). The predicted molar refractivity (Wildman–Crippen MR) is 138 cm³/mol.